The molecule has 1 nitrogen and oxygen atoms in total. The lowest BCUT2D eigenvalue weighted by Gasteiger charge is -2.19. The molecule has 4 heteroatoms. The summed E-state index contributed by atoms with van der Waals surface area (Å²) in [5.74, 6) is 1.28. The van der Waals surface area contributed by atoms with Crippen LogP contribution in [0, 0.1) is 5.92 Å². The lowest BCUT2D eigenvalue weighted by Crippen LogP contribution is -2.18. The monoisotopic (exact) mass is 352 g/mol. The number of ether oxygens (including phenoxy) is 1. The van der Waals surface area contributed by atoms with Gasteiger partial charge in [0, 0.05) is 16.1 Å². The summed E-state index contributed by atoms with van der Waals surface area (Å²) >= 11 is 11.3. The second-order valence-corrected chi connectivity index (χ2v) is 5.57. The number of hydrogen-bond donors (Lipinski definition) is 1. The summed E-state index contributed by atoms with van der Waals surface area (Å²) < 4.78 is 5.78. The van der Waals surface area contributed by atoms with E-state index in [1.807, 2.05) is 24.3 Å². The minimum absolute atomic E-state index is 0.0309. The van der Waals surface area contributed by atoms with Gasteiger partial charge >= 0.3 is 0 Å². The molecule has 0 N–H and O–H groups in total. The van der Waals surface area contributed by atoms with Crippen molar-refractivity contribution in [3.63, 3.8) is 0 Å². The first-order valence-corrected chi connectivity index (χ1v) is 7.28. The van der Waals surface area contributed by atoms with Gasteiger partial charge in [0.2, 0.25) is 0 Å². The molecule has 0 radical (unpaired) electrons. The highest BCUT2D eigenvalue weighted by Crippen LogP contribution is 2.27. The molecular formula is C11H14Br2OS. The first-order valence-electron chi connectivity index (χ1n) is 4.80. The second kappa shape index (κ2) is 6.81. The molecule has 0 heterocycles. The Kier molecular flexibility index (Phi) is 6.09. The van der Waals surface area contributed by atoms with Crippen molar-refractivity contribution in [3.8, 4) is 5.75 Å². The summed E-state index contributed by atoms with van der Waals surface area (Å²) in [4.78, 5) is 0.869. The third-order valence-electron chi connectivity index (χ3n) is 2.12. The van der Waals surface area contributed by atoms with Gasteiger partial charge in [-0.3, -0.25) is 0 Å². The van der Waals surface area contributed by atoms with E-state index in [9.17, 15) is 0 Å². The Morgan fingerprint density at radius 3 is 2.67 bits per heavy atom. The molecular weight excluding hydrogens is 340 g/mol. The van der Waals surface area contributed by atoms with Crippen molar-refractivity contribution in [1.82, 2.24) is 0 Å². The van der Waals surface area contributed by atoms with E-state index in [2.05, 4.69) is 51.4 Å². The van der Waals surface area contributed by atoms with Gasteiger partial charge in [0.25, 0.3) is 0 Å². The van der Waals surface area contributed by atoms with Crippen molar-refractivity contribution >= 4 is 44.5 Å². The Hall–Kier alpha value is 0.330. The third-order valence-corrected chi connectivity index (χ3v) is 4.03. The van der Waals surface area contributed by atoms with Gasteiger partial charge in [-0.2, -0.15) is 0 Å². The van der Waals surface area contributed by atoms with Crippen LogP contribution in [0.4, 0.5) is 0 Å². The van der Waals surface area contributed by atoms with Crippen LogP contribution in [0.1, 0.15) is 13.3 Å². The number of rotatable bonds is 5. The smallest absolute Gasteiger partial charge is 0.155 e. The van der Waals surface area contributed by atoms with Gasteiger partial charge in [-0.15, -0.1) is 12.6 Å². The maximum Gasteiger partial charge on any atom is 0.155 e. The fourth-order valence-corrected chi connectivity index (χ4v) is 2.50. The fourth-order valence-electron chi connectivity index (χ4n) is 1.10. The Morgan fingerprint density at radius 1 is 1.40 bits per heavy atom. The number of alkyl halides is 2. The molecule has 1 aromatic rings. The zero-order valence-electron chi connectivity index (χ0n) is 8.49. The largest absolute Gasteiger partial charge is 0.478 e. The molecule has 0 aliphatic rings. The van der Waals surface area contributed by atoms with Crippen molar-refractivity contribution in [3.05, 3.63) is 24.3 Å². The topological polar surface area (TPSA) is 9.23 Å². The zero-order valence-corrected chi connectivity index (χ0v) is 12.6. The zero-order chi connectivity index (χ0) is 11.3. The molecule has 0 amide bonds. The van der Waals surface area contributed by atoms with E-state index >= 15 is 0 Å². The summed E-state index contributed by atoms with van der Waals surface area (Å²) in [6.07, 6.45) is 1.07. The summed E-state index contributed by atoms with van der Waals surface area (Å²) in [7, 11) is 0. The molecule has 0 saturated heterocycles. The first kappa shape index (κ1) is 13.4. The Morgan fingerprint density at radius 2 is 2.07 bits per heavy atom. The van der Waals surface area contributed by atoms with Gasteiger partial charge in [0.1, 0.15) is 5.75 Å². The van der Waals surface area contributed by atoms with Crippen LogP contribution in [0.3, 0.4) is 0 Å². The molecule has 15 heavy (non-hydrogen) atoms. The predicted molar refractivity (Wildman–Crippen MR) is 74.6 cm³/mol. The minimum Gasteiger partial charge on any atom is -0.478 e. The highest BCUT2D eigenvalue weighted by Gasteiger charge is 2.15. The molecule has 84 valence electrons. The summed E-state index contributed by atoms with van der Waals surface area (Å²) in [5, 5.41) is 1.02. The van der Waals surface area contributed by atoms with Gasteiger partial charge < -0.3 is 4.74 Å². The van der Waals surface area contributed by atoms with Crippen LogP contribution in [0.15, 0.2) is 29.2 Å². The molecule has 0 saturated carbocycles. The SMILES string of the molecule is CC(CCBr)C(Br)Oc1ccccc1S. The quantitative estimate of drug-likeness (QED) is 0.605. The second-order valence-electron chi connectivity index (χ2n) is 3.39. The average molecular weight is 354 g/mol. The van der Waals surface area contributed by atoms with Crippen LogP contribution >= 0.6 is 44.5 Å². The van der Waals surface area contributed by atoms with E-state index in [0.29, 0.717) is 5.92 Å². The molecule has 1 aromatic carbocycles. The Labute approximate surface area is 113 Å². The van der Waals surface area contributed by atoms with Crippen LogP contribution in [-0.4, -0.2) is 10.3 Å². The van der Waals surface area contributed by atoms with E-state index < -0.39 is 0 Å². The van der Waals surface area contributed by atoms with Crippen molar-refractivity contribution in [1.29, 1.82) is 0 Å². The van der Waals surface area contributed by atoms with Gasteiger partial charge in [0.05, 0.1) is 0 Å². The predicted octanol–water partition coefficient (Wildman–Crippen LogP) is 4.50. The van der Waals surface area contributed by atoms with Crippen LogP contribution in [-0.2, 0) is 0 Å². The number of benzene rings is 1. The average Bonchev–Trinajstić information content (AvgIpc) is 2.21. The highest BCUT2D eigenvalue weighted by atomic mass is 79.9. The van der Waals surface area contributed by atoms with E-state index in [1.165, 1.54) is 0 Å². The van der Waals surface area contributed by atoms with Gasteiger partial charge in [-0.05, 0) is 34.5 Å². The normalized spacial score (nSPS) is 14.7. The van der Waals surface area contributed by atoms with E-state index in [-0.39, 0.29) is 5.01 Å². The first-order chi connectivity index (χ1) is 7.15. The van der Waals surface area contributed by atoms with Crippen LogP contribution in [0.5, 0.6) is 5.75 Å². The Bertz CT molecular complexity index is 306. The van der Waals surface area contributed by atoms with E-state index in [0.717, 1.165) is 22.4 Å². The molecule has 2 unspecified atom stereocenters. The molecule has 0 aromatic heterocycles. The van der Waals surface area contributed by atoms with Gasteiger partial charge in [-0.1, -0.05) is 35.0 Å². The fraction of sp³-hybridized carbons (Fsp3) is 0.455. The lowest BCUT2D eigenvalue weighted by atomic mass is 10.1. The lowest BCUT2D eigenvalue weighted by molar-refractivity contribution is 0.225. The number of halogens is 2. The molecule has 0 spiro atoms. The van der Waals surface area contributed by atoms with E-state index in [4.69, 9.17) is 4.74 Å². The maximum atomic E-state index is 5.78. The molecule has 0 aliphatic carbocycles. The number of para-hydroxylation sites is 1. The van der Waals surface area contributed by atoms with Crippen molar-refractivity contribution in [2.45, 2.75) is 23.3 Å². The van der Waals surface area contributed by atoms with Gasteiger partial charge in [-0.25, -0.2) is 0 Å². The summed E-state index contributed by atoms with van der Waals surface area (Å²) in [5.41, 5.74) is 0. The Balaban J connectivity index is 2.58. The highest BCUT2D eigenvalue weighted by molar-refractivity contribution is 9.09. The molecule has 0 bridgehead atoms. The summed E-state index contributed by atoms with van der Waals surface area (Å²) in [6.45, 7) is 2.15. The van der Waals surface area contributed by atoms with Crippen molar-refractivity contribution in [2.75, 3.05) is 5.33 Å². The maximum absolute atomic E-state index is 5.78. The molecule has 2 atom stereocenters. The van der Waals surface area contributed by atoms with Crippen molar-refractivity contribution in [2.24, 2.45) is 5.92 Å². The van der Waals surface area contributed by atoms with E-state index in [1.54, 1.807) is 0 Å². The van der Waals surface area contributed by atoms with Crippen LogP contribution in [0.2, 0.25) is 0 Å². The third kappa shape index (κ3) is 4.37. The number of hydrogen-bond acceptors (Lipinski definition) is 2. The minimum atomic E-state index is 0.0309. The van der Waals surface area contributed by atoms with Crippen LogP contribution in [0.25, 0.3) is 0 Å². The molecule has 1 rings (SSSR count). The van der Waals surface area contributed by atoms with Crippen LogP contribution < -0.4 is 4.74 Å². The van der Waals surface area contributed by atoms with Gasteiger partial charge in [0.15, 0.2) is 5.01 Å². The summed E-state index contributed by atoms with van der Waals surface area (Å²) in [6, 6.07) is 7.75. The molecule has 0 fully saturated rings. The van der Waals surface area contributed by atoms with Crippen molar-refractivity contribution < 1.29 is 4.74 Å². The number of thiol groups is 1. The molecule has 0 aliphatic heterocycles. The standard InChI is InChI=1S/C11H14Br2OS/c1-8(6-7-12)11(13)14-9-4-2-3-5-10(9)15/h2-5,8,11,15H,6-7H2,1H3.